The number of rotatable bonds is 8. The normalized spacial score (nSPS) is 17.1. The van der Waals surface area contributed by atoms with Crippen molar-refractivity contribution in [1.82, 2.24) is 14.7 Å². The first-order valence-corrected chi connectivity index (χ1v) is 11.6. The Morgan fingerprint density at radius 3 is 2.70 bits per heavy atom. The molecule has 1 fully saturated rings. The van der Waals surface area contributed by atoms with E-state index in [0.29, 0.717) is 37.6 Å². The van der Waals surface area contributed by atoms with Gasteiger partial charge in [0.05, 0.1) is 13.2 Å². The summed E-state index contributed by atoms with van der Waals surface area (Å²) in [5.41, 5.74) is 2.87. The molecule has 33 heavy (non-hydrogen) atoms. The third-order valence-electron chi connectivity index (χ3n) is 6.13. The average Bonchev–Trinajstić information content (AvgIpc) is 3.06. The van der Waals surface area contributed by atoms with Crippen LogP contribution in [0.4, 0.5) is 0 Å². The van der Waals surface area contributed by atoms with Gasteiger partial charge in [-0.25, -0.2) is 0 Å². The second-order valence-corrected chi connectivity index (χ2v) is 8.49. The molecule has 1 amide bonds. The summed E-state index contributed by atoms with van der Waals surface area (Å²) in [6.07, 6.45) is 1.68. The van der Waals surface area contributed by atoms with Crippen LogP contribution in [0.25, 0.3) is 0 Å². The van der Waals surface area contributed by atoms with Crippen LogP contribution in [0.1, 0.15) is 21.5 Å². The fourth-order valence-corrected chi connectivity index (χ4v) is 4.35. The molecule has 2 heterocycles. The van der Waals surface area contributed by atoms with Crippen LogP contribution in [-0.2, 0) is 13.1 Å². The standard InChI is InChI=1S/C26H33N3O4/c1-2-15-32-24-5-3-4-22(18-24)26(31)29-13-16-33-25-7-6-21(17-23(25)20-29)19-28-10-8-27(9-11-28)12-14-30/h2-7,17-18,30H,1,8-16,19-20H2. The summed E-state index contributed by atoms with van der Waals surface area (Å²) in [6, 6.07) is 13.6. The number of benzene rings is 2. The number of amides is 1. The van der Waals surface area contributed by atoms with E-state index in [0.717, 1.165) is 50.6 Å². The number of carbonyl (C=O) groups is 1. The van der Waals surface area contributed by atoms with Gasteiger partial charge in [0.1, 0.15) is 24.7 Å². The zero-order valence-corrected chi connectivity index (χ0v) is 19.1. The first-order valence-electron chi connectivity index (χ1n) is 11.6. The molecule has 0 unspecified atom stereocenters. The van der Waals surface area contributed by atoms with Gasteiger partial charge in [0, 0.05) is 56.9 Å². The molecule has 7 nitrogen and oxygen atoms in total. The number of aliphatic hydroxyl groups excluding tert-OH is 1. The largest absolute Gasteiger partial charge is 0.491 e. The summed E-state index contributed by atoms with van der Waals surface area (Å²) < 4.78 is 11.5. The van der Waals surface area contributed by atoms with Crippen molar-refractivity contribution >= 4 is 5.91 Å². The van der Waals surface area contributed by atoms with Crippen LogP contribution in [0.2, 0.25) is 0 Å². The van der Waals surface area contributed by atoms with Gasteiger partial charge < -0.3 is 19.5 Å². The van der Waals surface area contributed by atoms with Crippen molar-refractivity contribution in [1.29, 1.82) is 0 Å². The van der Waals surface area contributed by atoms with Crippen molar-refractivity contribution in [2.24, 2.45) is 0 Å². The van der Waals surface area contributed by atoms with Crippen LogP contribution in [0.15, 0.2) is 55.1 Å². The Morgan fingerprint density at radius 2 is 1.91 bits per heavy atom. The molecular formula is C26H33N3O4. The summed E-state index contributed by atoms with van der Waals surface area (Å²) in [5.74, 6) is 1.49. The first-order chi connectivity index (χ1) is 16.2. The molecule has 2 aliphatic rings. The molecule has 0 atom stereocenters. The quantitative estimate of drug-likeness (QED) is 0.622. The molecule has 2 aromatic carbocycles. The van der Waals surface area contributed by atoms with E-state index in [1.54, 1.807) is 12.1 Å². The number of ether oxygens (including phenoxy) is 2. The number of piperazine rings is 1. The molecule has 1 saturated heterocycles. The highest BCUT2D eigenvalue weighted by molar-refractivity contribution is 5.94. The van der Waals surface area contributed by atoms with E-state index >= 15 is 0 Å². The van der Waals surface area contributed by atoms with Crippen LogP contribution < -0.4 is 9.47 Å². The third kappa shape index (κ3) is 6.13. The maximum absolute atomic E-state index is 13.2. The van der Waals surface area contributed by atoms with E-state index < -0.39 is 0 Å². The lowest BCUT2D eigenvalue weighted by molar-refractivity contribution is 0.0732. The van der Waals surface area contributed by atoms with Crippen molar-refractivity contribution in [3.8, 4) is 11.5 Å². The monoisotopic (exact) mass is 451 g/mol. The Kier molecular flexibility index (Phi) is 7.99. The van der Waals surface area contributed by atoms with Gasteiger partial charge in [0.15, 0.2) is 0 Å². The van der Waals surface area contributed by atoms with Gasteiger partial charge in [-0.15, -0.1) is 0 Å². The highest BCUT2D eigenvalue weighted by Crippen LogP contribution is 2.26. The minimum Gasteiger partial charge on any atom is -0.491 e. The third-order valence-corrected chi connectivity index (χ3v) is 6.13. The second-order valence-electron chi connectivity index (χ2n) is 8.49. The Labute approximate surface area is 195 Å². The van der Waals surface area contributed by atoms with Gasteiger partial charge in [-0.1, -0.05) is 24.8 Å². The van der Waals surface area contributed by atoms with Gasteiger partial charge in [0.25, 0.3) is 5.91 Å². The Balaban J connectivity index is 1.42. The predicted octanol–water partition coefficient (Wildman–Crippen LogP) is 2.40. The van der Waals surface area contributed by atoms with Gasteiger partial charge in [0.2, 0.25) is 0 Å². The summed E-state index contributed by atoms with van der Waals surface area (Å²) >= 11 is 0. The molecule has 0 aliphatic carbocycles. The summed E-state index contributed by atoms with van der Waals surface area (Å²) in [7, 11) is 0. The molecule has 2 aliphatic heterocycles. The lowest BCUT2D eigenvalue weighted by Crippen LogP contribution is -2.46. The topological polar surface area (TPSA) is 65.5 Å². The molecule has 1 N–H and O–H groups in total. The molecule has 0 saturated carbocycles. The maximum atomic E-state index is 13.2. The van der Waals surface area contributed by atoms with Crippen molar-refractivity contribution in [2.75, 3.05) is 59.1 Å². The highest BCUT2D eigenvalue weighted by atomic mass is 16.5. The van der Waals surface area contributed by atoms with E-state index in [2.05, 4.69) is 28.5 Å². The highest BCUT2D eigenvalue weighted by Gasteiger charge is 2.22. The van der Waals surface area contributed by atoms with Crippen molar-refractivity contribution in [3.05, 3.63) is 71.8 Å². The zero-order valence-electron chi connectivity index (χ0n) is 19.1. The molecule has 0 aromatic heterocycles. The van der Waals surface area contributed by atoms with Crippen LogP contribution >= 0.6 is 0 Å². The fraction of sp³-hybridized carbons (Fsp3) is 0.423. The van der Waals surface area contributed by atoms with Crippen LogP contribution in [0.5, 0.6) is 11.5 Å². The SMILES string of the molecule is C=CCOc1cccc(C(=O)N2CCOc3ccc(CN4CCN(CCO)CC4)cc3C2)c1. The van der Waals surface area contributed by atoms with E-state index in [1.165, 1.54) is 5.56 Å². The smallest absolute Gasteiger partial charge is 0.254 e. The molecule has 7 heteroatoms. The summed E-state index contributed by atoms with van der Waals surface area (Å²) in [6.45, 7) is 11.4. The van der Waals surface area contributed by atoms with Crippen LogP contribution in [0, 0.1) is 0 Å². The van der Waals surface area contributed by atoms with Crippen molar-refractivity contribution in [2.45, 2.75) is 13.1 Å². The Morgan fingerprint density at radius 1 is 1.09 bits per heavy atom. The number of hydrogen-bond donors (Lipinski definition) is 1. The number of aliphatic hydroxyl groups is 1. The molecule has 0 radical (unpaired) electrons. The molecule has 2 aromatic rings. The first kappa shape index (κ1) is 23.3. The minimum atomic E-state index is -0.0269. The number of hydrogen-bond acceptors (Lipinski definition) is 6. The number of β-amino-alcohol motifs (C(OH)–C–C–N with tert-alkyl or cyclic N) is 1. The summed E-state index contributed by atoms with van der Waals surface area (Å²) in [4.78, 5) is 19.8. The Bertz CT molecular complexity index is 956. The van der Waals surface area contributed by atoms with Crippen molar-refractivity contribution in [3.63, 3.8) is 0 Å². The molecular weight excluding hydrogens is 418 g/mol. The van der Waals surface area contributed by atoms with Gasteiger partial charge in [-0.05, 0) is 35.9 Å². The molecule has 0 bridgehead atoms. The van der Waals surface area contributed by atoms with Crippen LogP contribution in [0.3, 0.4) is 0 Å². The lowest BCUT2D eigenvalue weighted by Gasteiger charge is -2.34. The fourth-order valence-electron chi connectivity index (χ4n) is 4.35. The Hall–Kier alpha value is -2.87. The van der Waals surface area contributed by atoms with E-state index in [4.69, 9.17) is 14.6 Å². The van der Waals surface area contributed by atoms with Gasteiger partial charge in [-0.3, -0.25) is 14.6 Å². The van der Waals surface area contributed by atoms with E-state index in [-0.39, 0.29) is 12.5 Å². The number of carbonyl (C=O) groups excluding carboxylic acids is 1. The van der Waals surface area contributed by atoms with Crippen LogP contribution in [-0.4, -0.2) is 84.8 Å². The molecule has 0 spiro atoms. The van der Waals surface area contributed by atoms with Crippen molar-refractivity contribution < 1.29 is 19.4 Å². The number of nitrogens with zero attached hydrogens (tertiary/aromatic N) is 3. The number of fused-ring (bicyclic) bond motifs is 1. The van der Waals surface area contributed by atoms with E-state index in [9.17, 15) is 4.79 Å². The maximum Gasteiger partial charge on any atom is 0.254 e. The predicted molar refractivity (Wildman–Crippen MR) is 128 cm³/mol. The average molecular weight is 452 g/mol. The molecule has 4 rings (SSSR count). The second kappa shape index (κ2) is 11.3. The van der Waals surface area contributed by atoms with Gasteiger partial charge in [-0.2, -0.15) is 0 Å². The zero-order chi connectivity index (χ0) is 23.0. The minimum absolute atomic E-state index is 0.0269. The van der Waals surface area contributed by atoms with Gasteiger partial charge >= 0.3 is 0 Å². The van der Waals surface area contributed by atoms with E-state index in [1.807, 2.05) is 29.2 Å². The molecule has 176 valence electrons. The summed E-state index contributed by atoms with van der Waals surface area (Å²) in [5, 5.41) is 9.13. The lowest BCUT2D eigenvalue weighted by atomic mass is 10.1.